The van der Waals surface area contributed by atoms with Crippen molar-refractivity contribution in [2.45, 2.75) is 13.3 Å². The molecule has 1 aromatic heterocycles. The Labute approximate surface area is 114 Å². The van der Waals surface area contributed by atoms with Gasteiger partial charge >= 0.3 is 0 Å². The predicted molar refractivity (Wildman–Crippen MR) is 76.3 cm³/mol. The normalized spacial score (nSPS) is 10.1. The third-order valence-corrected chi connectivity index (χ3v) is 3.17. The SMILES string of the molecule is CCC(=O)c1cccc(Nc2ncccc2Br)c1. The van der Waals surface area contributed by atoms with Gasteiger partial charge in [0.15, 0.2) is 5.78 Å². The van der Waals surface area contributed by atoms with Gasteiger partial charge in [0.05, 0.1) is 4.47 Å². The molecule has 0 bridgehead atoms. The number of hydrogen-bond donors (Lipinski definition) is 1. The number of rotatable bonds is 4. The van der Waals surface area contributed by atoms with Crippen molar-refractivity contribution in [3.63, 3.8) is 0 Å². The Morgan fingerprint density at radius 3 is 2.89 bits per heavy atom. The van der Waals surface area contributed by atoms with E-state index >= 15 is 0 Å². The van der Waals surface area contributed by atoms with E-state index in [-0.39, 0.29) is 5.78 Å². The molecule has 0 atom stereocenters. The zero-order chi connectivity index (χ0) is 13.0. The van der Waals surface area contributed by atoms with Gasteiger partial charge in [0.2, 0.25) is 0 Å². The van der Waals surface area contributed by atoms with Gasteiger partial charge in [-0.2, -0.15) is 0 Å². The van der Waals surface area contributed by atoms with Crippen LogP contribution in [-0.4, -0.2) is 10.8 Å². The van der Waals surface area contributed by atoms with Crippen molar-refractivity contribution in [1.82, 2.24) is 4.98 Å². The number of halogens is 1. The first-order valence-corrected chi connectivity index (χ1v) is 6.51. The molecular weight excluding hydrogens is 292 g/mol. The van der Waals surface area contributed by atoms with Crippen molar-refractivity contribution in [1.29, 1.82) is 0 Å². The molecule has 0 aliphatic rings. The number of hydrogen-bond acceptors (Lipinski definition) is 3. The summed E-state index contributed by atoms with van der Waals surface area (Å²) in [7, 11) is 0. The van der Waals surface area contributed by atoms with Crippen LogP contribution in [0.1, 0.15) is 23.7 Å². The second-order valence-corrected chi connectivity index (χ2v) is 4.67. The lowest BCUT2D eigenvalue weighted by Crippen LogP contribution is -1.99. The van der Waals surface area contributed by atoms with Crippen molar-refractivity contribution in [2.75, 3.05) is 5.32 Å². The molecule has 0 saturated carbocycles. The predicted octanol–water partition coefficient (Wildman–Crippen LogP) is 4.18. The number of anilines is 2. The lowest BCUT2D eigenvalue weighted by atomic mass is 10.1. The number of Topliss-reactive ketones (excluding diaryl/α,β-unsaturated/α-hetero) is 1. The van der Waals surface area contributed by atoms with Gasteiger partial charge in [-0.05, 0) is 40.2 Å². The second-order valence-electron chi connectivity index (χ2n) is 3.82. The van der Waals surface area contributed by atoms with E-state index in [0.29, 0.717) is 6.42 Å². The Balaban J connectivity index is 2.25. The molecule has 1 N–H and O–H groups in total. The second kappa shape index (κ2) is 5.78. The standard InChI is InChI=1S/C14H13BrN2O/c1-2-13(18)10-5-3-6-11(9-10)17-14-12(15)7-4-8-16-14/h3-9H,2H2,1H3,(H,16,17). The molecular formula is C14H13BrN2O. The lowest BCUT2D eigenvalue weighted by molar-refractivity contribution is 0.0988. The van der Waals surface area contributed by atoms with Crippen LogP contribution < -0.4 is 5.32 Å². The van der Waals surface area contributed by atoms with Crippen LogP contribution in [0.3, 0.4) is 0 Å². The zero-order valence-corrected chi connectivity index (χ0v) is 11.6. The van der Waals surface area contributed by atoms with E-state index in [9.17, 15) is 4.79 Å². The number of carbonyl (C=O) groups excluding carboxylic acids is 1. The van der Waals surface area contributed by atoms with Gasteiger partial charge in [-0.3, -0.25) is 4.79 Å². The monoisotopic (exact) mass is 304 g/mol. The van der Waals surface area contributed by atoms with E-state index in [4.69, 9.17) is 0 Å². The van der Waals surface area contributed by atoms with E-state index in [0.717, 1.165) is 21.5 Å². The first-order valence-electron chi connectivity index (χ1n) is 5.71. The van der Waals surface area contributed by atoms with Crippen LogP contribution in [0.25, 0.3) is 0 Å². The minimum atomic E-state index is 0.138. The van der Waals surface area contributed by atoms with Crippen molar-refractivity contribution in [2.24, 2.45) is 0 Å². The fourth-order valence-corrected chi connectivity index (χ4v) is 1.94. The lowest BCUT2D eigenvalue weighted by Gasteiger charge is -2.08. The van der Waals surface area contributed by atoms with Crippen molar-refractivity contribution in [3.8, 4) is 0 Å². The molecule has 4 heteroatoms. The van der Waals surface area contributed by atoms with Crippen LogP contribution >= 0.6 is 15.9 Å². The Hall–Kier alpha value is -1.68. The molecule has 0 aliphatic heterocycles. The highest BCUT2D eigenvalue weighted by Gasteiger charge is 2.05. The van der Waals surface area contributed by atoms with E-state index < -0.39 is 0 Å². The quantitative estimate of drug-likeness (QED) is 0.862. The molecule has 0 unspecified atom stereocenters. The molecule has 0 amide bonds. The van der Waals surface area contributed by atoms with Crippen LogP contribution in [0, 0.1) is 0 Å². The maximum Gasteiger partial charge on any atom is 0.162 e. The van der Waals surface area contributed by atoms with E-state index in [1.165, 1.54) is 0 Å². The fourth-order valence-electron chi connectivity index (χ4n) is 1.59. The van der Waals surface area contributed by atoms with Crippen LogP contribution in [-0.2, 0) is 0 Å². The van der Waals surface area contributed by atoms with Crippen molar-refractivity contribution in [3.05, 3.63) is 52.6 Å². The first kappa shape index (κ1) is 12.8. The summed E-state index contributed by atoms with van der Waals surface area (Å²) in [4.78, 5) is 15.9. The molecule has 0 fully saturated rings. The largest absolute Gasteiger partial charge is 0.339 e. The topological polar surface area (TPSA) is 42.0 Å². The molecule has 0 saturated heterocycles. The van der Waals surface area contributed by atoms with Crippen LogP contribution in [0.2, 0.25) is 0 Å². The molecule has 1 aromatic carbocycles. The average molecular weight is 305 g/mol. The third kappa shape index (κ3) is 2.96. The summed E-state index contributed by atoms with van der Waals surface area (Å²) < 4.78 is 0.886. The molecule has 3 nitrogen and oxygen atoms in total. The van der Waals surface area contributed by atoms with Crippen molar-refractivity contribution < 1.29 is 4.79 Å². The molecule has 0 aliphatic carbocycles. The fraction of sp³-hybridized carbons (Fsp3) is 0.143. The highest BCUT2D eigenvalue weighted by Crippen LogP contribution is 2.23. The maximum atomic E-state index is 11.6. The number of ketones is 1. The summed E-state index contributed by atoms with van der Waals surface area (Å²) in [6, 6.07) is 11.2. The van der Waals surface area contributed by atoms with E-state index in [1.54, 1.807) is 6.20 Å². The molecule has 0 spiro atoms. The number of pyridine rings is 1. The van der Waals surface area contributed by atoms with E-state index in [1.807, 2.05) is 43.3 Å². The third-order valence-electron chi connectivity index (χ3n) is 2.53. The summed E-state index contributed by atoms with van der Waals surface area (Å²) in [5, 5.41) is 3.18. The Bertz CT molecular complexity index is 569. The molecule has 2 aromatic rings. The number of benzene rings is 1. The van der Waals surface area contributed by atoms with Gasteiger partial charge in [0, 0.05) is 23.9 Å². The van der Waals surface area contributed by atoms with Gasteiger partial charge < -0.3 is 5.32 Å². The first-order chi connectivity index (χ1) is 8.70. The van der Waals surface area contributed by atoms with Gasteiger partial charge in [-0.1, -0.05) is 19.1 Å². The highest BCUT2D eigenvalue weighted by atomic mass is 79.9. The molecule has 1 heterocycles. The van der Waals surface area contributed by atoms with E-state index in [2.05, 4.69) is 26.2 Å². The average Bonchev–Trinajstić information content (AvgIpc) is 2.41. The van der Waals surface area contributed by atoms with Gasteiger partial charge in [0.25, 0.3) is 0 Å². The Kier molecular flexibility index (Phi) is 4.10. The maximum absolute atomic E-state index is 11.6. The number of carbonyl (C=O) groups is 1. The minimum absolute atomic E-state index is 0.138. The van der Waals surface area contributed by atoms with Crippen LogP contribution in [0.4, 0.5) is 11.5 Å². The summed E-state index contributed by atoms with van der Waals surface area (Å²) >= 11 is 3.42. The number of nitrogens with one attached hydrogen (secondary N) is 1. The minimum Gasteiger partial charge on any atom is -0.339 e. The summed E-state index contributed by atoms with van der Waals surface area (Å²) in [6.45, 7) is 1.86. The Morgan fingerprint density at radius 1 is 1.33 bits per heavy atom. The molecule has 0 radical (unpaired) electrons. The number of nitrogens with zero attached hydrogens (tertiary/aromatic N) is 1. The highest BCUT2D eigenvalue weighted by molar-refractivity contribution is 9.10. The van der Waals surface area contributed by atoms with Crippen molar-refractivity contribution >= 4 is 33.2 Å². The molecule has 2 rings (SSSR count). The number of aromatic nitrogens is 1. The Morgan fingerprint density at radius 2 is 2.17 bits per heavy atom. The summed E-state index contributed by atoms with van der Waals surface area (Å²) in [5.74, 6) is 0.873. The summed E-state index contributed by atoms with van der Waals surface area (Å²) in [6.07, 6.45) is 2.23. The smallest absolute Gasteiger partial charge is 0.162 e. The summed E-state index contributed by atoms with van der Waals surface area (Å²) in [5.41, 5.74) is 1.57. The van der Waals surface area contributed by atoms with Crippen LogP contribution in [0.5, 0.6) is 0 Å². The molecule has 18 heavy (non-hydrogen) atoms. The van der Waals surface area contributed by atoms with Gasteiger partial charge in [0.1, 0.15) is 5.82 Å². The molecule has 92 valence electrons. The van der Waals surface area contributed by atoms with Gasteiger partial charge in [-0.25, -0.2) is 4.98 Å². The van der Waals surface area contributed by atoms with Crippen LogP contribution in [0.15, 0.2) is 47.1 Å². The van der Waals surface area contributed by atoms with Gasteiger partial charge in [-0.15, -0.1) is 0 Å². The zero-order valence-electron chi connectivity index (χ0n) is 9.98.